The summed E-state index contributed by atoms with van der Waals surface area (Å²) >= 11 is 0. The Hall–Kier alpha value is -1.14. The highest BCUT2D eigenvalue weighted by atomic mass is 16.3. The third-order valence-corrected chi connectivity index (χ3v) is 7.90. The lowest BCUT2D eigenvalue weighted by atomic mass is 9.52. The van der Waals surface area contributed by atoms with E-state index in [-0.39, 0.29) is 11.8 Å². The minimum Gasteiger partial charge on any atom is -0.388 e. The zero-order valence-electron chi connectivity index (χ0n) is 14.1. The molecule has 4 aliphatic carbocycles. The summed E-state index contributed by atoms with van der Waals surface area (Å²) in [5, 5.41) is 20.3. The molecular formula is C20H27NO2. The van der Waals surface area contributed by atoms with Crippen LogP contribution in [0.1, 0.15) is 71.1 Å². The smallest absolute Gasteiger partial charge is 0.137 e. The fourth-order valence-electron chi connectivity index (χ4n) is 6.58. The Morgan fingerprint density at radius 1 is 1.22 bits per heavy atom. The third kappa shape index (κ3) is 2.07. The zero-order valence-corrected chi connectivity index (χ0v) is 14.1. The first-order valence-corrected chi connectivity index (χ1v) is 9.30. The van der Waals surface area contributed by atoms with Crippen molar-refractivity contribution in [2.75, 3.05) is 0 Å². The van der Waals surface area contributed by atoms with Gasteiger partial charge in [-0.05, 0) is 62.7 Å². The number of aliphatic hydroxyl groups is 1. The van der Waals surface area contributed by atoms with Crippen LogP contribution in [0.5, 0.6) is 0 Å². The quantitative estimate of drug-likeness (QED) is 0.746. The van der Waals surface area contributed by atoms with Gasteiger partial charge in [-0.3, -0.25) is 4.79 Å². The summed E-state index contributed by atoms with van der Waals surface area (Å²) in [6.45, 7) is 2.24. The van der Waals surface area contributed by atoms with E-state index >= 15 is 0 Å². The van der Waals surface area contributed by atoms with Crippen LogP contribution in [0.2, 0.25) is 0 Å². The molecule has 124 valence electrons. The largest absolute Gasteiger partial charge is 0.388 e. The number of fused-ring (bicyclic) bond motifs is 4. The van der Waals surface area contributed by atoms with Crippen LogP contribution in [0.15, 0.2) is 11.1 Å². The fraction of sp³-hybridized carbons (Fsp3) is 0.800. The molecule has 3 heteroatoms. The van der Waals surface area contributed by atoms with Gasteiger partial charge in [-0.15, -0.1) is 0 Å². The van der Waals surface area contributed by atoms with Gasteiger partial charge in [-0.1, -0.05) is 18.1 Å². The maximum absolute atomic E-state index is 11.8. The van der Waals surface area contributed by atoms with Gasteiger partial charge in [0.2, 0.25) is 0 Å². The first kappa shape index (κ1) is 15.4. The van der Waals surface area contributed by atoms with Crippen LogP contribution in [-0.4, -0.2) is 16.5 Å². The van der Waals surface area contributed by atoms with Crippen molar-refractivity contribution >= 4 is 5.78 Å². The highest BCUT2D eigenvalue weighted by Gasteiger charge is 2.61. The van der Waals surface area contributed by atoms with Crippen LogP contribution in [-0.2, 0) is 4.79 Å². The number of carbonyl (C=O) groups is 1. The molecule has 0 aromatic rings. The van der Waals surface area contributed by atoms with Gasteiger partial charge in [-0.25, -0.2) is 0 Å². The maximum Gasteiger partial charge on any atom is 0.137 e. The van der Waals surface area contributed by atoms with E-state index in [1.54, 1.807) is 5.57 Å². The monoisotopic (exact) mass is 313 g/mol. The molecule has 4 rings (SSSR count). The first-order valence-electron chi connectivity index (χ1n) is 9.30. The van der Waals surface area contributed by atoms with Crippen molar-refractivity contribution in [3.05, 3.63) is 11.1 Å². The summed E-state index contributed by atoms with van der Waals surface area (Å²) in [6.07, 6.45) is 9.00. The molecule has 0 amide bonds. The third-order valence-electron chi connectivity index (χ3n) is 7.90. The average molecular weight is 313 g/mol. The SMILES string of the molecule is C[C@]12CC[C@@H]3C4=C(CC[C@H]3[C@@H]1CC[C@@]2(O)CC#N)CC(=O)CC4. The number of carbonyl (C=O) groups excluding carboxylic acids is 1. The van der Waals surface area contributed by atoms with Crippen LogP contribution in [0.3, 0.4) is 0 Å². The molecule has 0 aliphatic heterocycles. The minimum absolute atomic E-state index is 0.0908. The van der Waals surface area contributed by atoms with E-state index in [0.717, 1.165) is 44.9 Å². The van der Waals surface area contributed by atoms with Crippen LogP contribution in [0.4, 0.5) is 0 Å². The maximum atomic E-state index is 11.8. The second-order valence-corrected chi connectivity index (χ2v) is 8.62. The summed E-state index contributed by atoms with van der Waals surface area (Å²) in [7, 11) is 0. The van der Waals surface area contributed by atoms with Gasteiger partial charge in [0, 0.05) is 18.3 Å². The second-order valence-electron chi connectivity index (χ2n) is 8.62. The normalized spacial score (nSPS) is 46.0. The van der Waals surface area contributed by atoms with Crippen molar-refractivity contribution in [3.63, 3.8) is 0 Å². The van der Waals surface area contributed by atoms with Gasteiger partial charge in [-0.2, -0.15) is 5.26 Å². The van der Waals surface area contributed by atoms with E-state index in [1.165, 1.54) is 12.0 Å². The van der Waals surface area contributed by atoms with E-state index in [9.17, 15) is 9.90 Å². The number of rotatable bonds is 1. The predicted octanol–water partition coefficient (Wildman–Crippen LogP) is 3.92. The van der Waals surface area contributed by atoms with E-state index < -0.39 is 5.60 Å². The van der Waals surface area contributed by atoms with Crippen molar-refractivity contribution in [2.24, 2.45) is 23.2 Å². The standard InChI is InChI=1S/C20H27NO2/c1-19-8-6-16-15-5-3-14(22)12-13(15)2-4-17(16)18(19)7-9-20(19,23)10-11-21/h16-18,23H,2-10,12H2,1H3/t16-,17-,18+,19+,20-/m1/s1. The molecule has 0 bridgehead atoms. The molecule has 0 heterocycles. The lowest BCUT2D eigenvalue weighted by Crippen LogP contribution is -2.51. The molecule has 2 saturated carbocycles. The Labute approximate surface area is 138 Å². The summed E-state index contributed by atoms with van der Waals surface area (Å²) in [6, 6.07) is 2.23. The number of Topliss-reactive ketones (excluding diaryl/α,β-unsaturated/α-hetero) is 1. The number of nitrogens with zero attached hydrogens (tertiary/aromatic N) is 1. The van der Waals surface area contributed by atoms with Crippen LogP contribution in [0, 0.1) is 34.5 Å². The Kier molecular flexibility index (Phi) is 3.47. The Bertz CT molecular complexity index is 616. The molecule has 0 spiro atoms. The van der Waals surface area contributed by atoms with Gasteiger partial charge >= 0.3 is 0 Å². The number of hydrogen-bond acceptors (Lipinski definition) is 3. The molecule has 3 nitrogen and oxygen atoms in total. The summed E-state index contributed by atoms with van der Waals surface area (Å²) in [5.41, 5.74) is 2.19. The van der Waals surface area contributed by atoms with Gasteiger partial charge in [0.1, 0.15) is 5.78 Å². The minimum atomic E-state index is -0.783. The van der Waals surface area contributed by atoms with Crippen molar-refractivity contribution in [1.82, 2.24) is 0 Å². The molecule has 0 aromatic heterocycles. The fourth-order valence-corrected chi connectivity index (χ4v) is 6.58. The zero-order chi connectivity index (χ0) is 16.2. The Balaban J connectivity index is 1.64. The highest BCUT2D eigenvalue weighted by molar-refractivity contribution is 5.82. The van der Waals surface area contributed by atoms with Gasteiger partial charge in [0.25, 0.3) is 0 Å². The molecule has 0 saturated heterocycles. The first-order chi connectivity index (χ1) is 11.0. The molecule has 2 fully saturated rings. The number of hydrogen-bond donors (Lipinski definition) is 1. The van der Waals surface area contributed by atoms with E-state index in [1.807, 2.05) is 0 Å². The Morgan fingerprint density at radius 3 is 2.83 bits per heavy atom. The Morgan fingerprint density at radius 2 is 2.04 bits per heavy atom. The topological polar surface area (TPSA) is 61.1 Å². The molecule has 0 radical (unpaired) electrons. The number of allylic oxidation sites excluding steroid dienone is 2. The van der Waals surface area contributed by atoms with E-state index in [0.29, 0.717) is 30.0 Å². The second kappa shape index (κ2) is 5.18. The van der Waals surface area contributed by atoms with Gasteiger partial charge < -0.3 is 5.11 Å². The van der Waals surface area contributed by atoms with Crippen molar-refractivity contribution in [3.8, 4) is 6.07 Å². The molecule has 23 heavy (non-hydrogen) atoms. The molecule has 0 unspecified atom stereocenters. The van der Waals surface area contributed by atoms with Crippen molar-refractivity contribution in [1.29, 1.82) is 5.26 Å². The van der Waals surface area contributed by atoms with Gasteiger partial charge in [0.15, 0.2) is 0 Å². The number of nitriles is 1. The number of ketones is 1. The highest BCUT2D eigenvalue weighted by Crippen LogP contribution is 2.64. The van der Waals surface area contributed by atoms with Gasteiger partial charge in [0.05, 0.1) is 18.1 Å². The average Bonchev–Trinajstić information content (AvgIpc) is 2.79. The van der Waals surface area contributed by atoms with E-state index in [2.05, 4.69) is 13.0 Å². The molecule has 0 aromatic carbocycles. The lowest BCUT2D eigenvalue weighted by Gasteiger charge is -2.53. The van der Waals surface area contributed by atoms with Crippen molar-refractivity contribution < 1.29 is 9.90 Å². The van der Waals surface area contributed by atoms with Crippen molar-refractivity contribution in [2.45, 2.75) is 76.7 Å². The van der Waals surface area contributed by atoms with Crippen LogP contribution >= 0.6 is 0 Å². The lowest BCUT2D eigenvalue weighted by molar-refractivity contribution is -0.119. The summed E-state index contributed by atoms with van der Waals surface area (Å²) < 4.78 is 0. The molecule has 4 aliphatic rings. The van der Waals surface area contributed by atoms with Crippen LogP contribution in [0.25, 0.3) is 0 Å². The molecular weight excluding hydrogens is 286 g/mol. The molecule has 1 N–H and O–H groups in total. The molecule has 5 atom stereocenters. The summed E-state index contributed by atoms with van der Waals surface area (Å²) in [5.74, 6) is 2.28. The van der Waals surface area contributed by atoms with Crippen LogP contribution < -0.4 is 0 Å². The summed E-state index contributed by atoms with van der Waals surface area (Å²) in [4.78, 5) is 11.8. The van der Waals surface area contributed by atoms with E-state index in [4.69, 9.17) is 5.26 Å². The predicted molar refractivity (Wildman–Crippen MR) is 87.3 cm³/mol.